The van der Waals surface area contributed by atoms with E-state index < -0.39 is 52.1 Å². The van der Waals surface area contributed by atoms with Gasteiger partial charge in [0.25, 0.3) is 5.69 Å². The molecule has 8 nitrogen and oxygen atoms in total. The summed E-state index contributed by atoms with van der Waals surface area (Å²) in [6, 6.07) is 5.46. The van der Waals surface area contributed by atoms with Crippen LogP contribution >= 0.6 is 0 Å². The summed E-state index contributed by atoms with van der Waals surface area (Å²) >= 11 is 0. The molecule has 0 saturated carbocycles. The molecule has 0 aromatic heterocycles. The molecule has 0 saturated heterocycles. The van der Waals surface area contributed by atoms with E-state index in [9.17, 15) is 36.9 Å². The van der Waals surface area contributed by atoms with Gasteiger partial charge in [0.1, 0.15) is 12.4 Å². The largest absolute Gasteiger partial charge is 0.491 e. The highest BCUT2D eigenvalue weighted by Gasteiger charge is 2.28. The van der Waals surface area contributed by atoms with E-state index in [4.69, 9.17) is 14.2 Å². The van der Waals surface area contributed by atoms with E-state index in [1.165, 1.54) is 24.3 Å². The van der Waals surface area contributed by atoms with Gasteiger partial charge in [-0.2, -0.15) is 8.78 Å². The van der Waals surface area contributed by atoms with Crippen molar-refractivity contribution in [2.45, 2.75) is 6.42 Å². The molecule has 0 N–H and O–H groups in total. The van der Waals surface area contributed by atoms with E-state index in [0.29, 0.717) is 5.75 Å². The number of nitrogens with zero attached hydrogens (tertiary/aromatic N) is 1. The van der Waals surface area contributed by atoms with Gasteiger partial charge in [-0.15, -0.1) is 0 Å². The van der Waals surface area contributed by atoms with Gasteiger partial charge in [-0.3, -0.25) is 14.9 Å². The first-order valence-electron chi connectivity index (χ1n) is 8.97. The number of nitro groups is 1. The SMILES string of the molecule is O=C(CCOCCOCCOc1ccc([N+](=O)[O-])cc1)Oc1c(F)c(F)c(F)c(F)c1F. The quantitative estimate of drug-likeness (QED) is 0.0689. The topological polar surface area (TPSA) is 97.1 Å². The lowest BCUT2D eigenvalue weighted by atomic mass is 10.2. The summed E-state index contributed by atoms with van der Waals surface area (Å²) in [6.45, 7) is 0.217. The zero-order valence-corrected chi connectivity index (χ0v) is 16.2. The molecule has 0 aliphatic heterocycles. The Labute approximate surface area is 177 Å². The Balaban J connectivity index is 1.59. The molecule has 2 rings (SSSR count). The van der Waals surface area contributed by atoms with Crippen molar-refractivity contribution < 1.29 is 50.6 Å². The van der Waals surface area contributed by atoms with Gasteiger partial charge in [-0.25, -0.2) is 13.2 Å². The minimum absolute atomic E-state index is 0.0351. The van der Waals surface area contributed by atoms with Crippen molar-refractivity contribution >= 4 is 11.7 Å². The fourth-order valence-electron chi connectivity index (χ4n) is 2.20. The van der Waals surface area contributed by atoms with Gasteiger partial charge in [0.15, 0.2) is 0 Å². The highest BCUT2D eigenvalue weighted by atomic mass is 19.2. The number of non-ortho nitro benzene ring substituents is 1. The Kier molecular flexibility index (Phi) is 9.28. The molecule has 0 aliphatic carbocycles. The lowest BCUT2D eigenvalue weighted by Gasteiger charge is -2.09. The molecule has 0 unspecified atom stereocenters. The van der Waals surface area contributed by atoms with Gasteiger partial charge in [0.05, 0.1) is 37.8 Å². The Morgan fingerprint density at radius 1 is 0.781 bits per heavy atom. The third-order valence-electron chi connectivity index (χ3n) is 3.75. The molecular formula is C19H16F5NO7. The number of halogens is 5. The lowest BCUT2D eigenvalue weighted by molar-refractivity contribution is -0.384. The van der Waals surface area contributed by atoms with E-state index in [1.54, 1.807) is 0 Å². The highest BCUT2D eigenvalue weighted by Crippen LogP contribution is 2.29. The number of carbonyl (C=O) groups is 1. The first kappa shape index (κ1) is 24.9. The first-order valence-corrected chi connectivity index (χ1v) is 8.97. The standard InChI is InChI=1S/C19H16F5NO7/c20-14-15(21)17(23)19(18(24)16(14)22)32-13(26)5-6-29-7-8-30-9-10-31-12-3-1-11(2-4-12)25(27)28/h1-4H,5-10H2. The van der Waals surface area contributed by atoms with Crippen molar-refractivity contribution in [2.75, 3.05) is 33.0 Å². The molecular weight excluding hydrogens is 449 g/mol. The van der Waals surface area contributed by atoms with Gasteiger partial charge in [0.2, 0.25) is 34.8 Å². The van der Waals surface area contributed by atoms with Crippen LogP contribution in [0, 0.1) is 39.2 Å². The number of benzene rings is 2. The molecule has 0 fully saturated rings. The van der Waals surface area contributed by atoms with Crippen LogP contribution in [-0.2, 0) is 14.3 Å². The molecule has 174 valence electrons. The second-order valence-electron chi connectivity index (χ2n) is 5.95. The van der Waals surface area contributed by atoms with Crippen LogP contribution in [0.4, 0.5) is 27.6 Å². The molecule has 2 aromatic carbocycles. The van der Waals surface area contributed by atoms with Crippen molar-refractivity contribution in [3.8, 4) is 11.5 Å². The predicted molar refractivity (Wildman–Crippen MR) is 96.7 cm³/mol. The Morgan fingerprint density at radius 2 is 1.28 bits per heavy atom. The number of carbonyl (C=O) groups excluding carboxylic acids is 1. The smallest absolute Gasteiger partial charge is 0.313 e. The zero-order chi connectivity index (χ0) is 23.7. The van der Waals surface area contributed by atoms with Crippen LogP contribution in [0.25, 0.3) is 0 Å². The molecule has 0 bridgehead atoms. The van der Waals surface area contributed by atoms with Crippen LogP contribution in [-0.4, -0.2) is 43.9 Å². The summed E-state index contributed by atoms with van der Waals surface area (Å²) in [7, 11) is 0. The third-order valence-corrected chi connectivity index (χ3v) is 3.75. The summed E-state index contributed by atoms with van der Waals surface area (Å²) in [4.78, 5) is 21.5. The molecule has 2 aromatic rings. The fraction of sp³-hybridized carbons (Fsp3) is 0.316. The molecule has 0 aliphatic rings. The number of ether oxygens (including phenoxy) is 4. The minimum Gasteiger partial charge on any atom is -0.491 e. The maximum Gasteiger partial charge on any atom is 0.313 e. The Bertz CT molecular complexity index is 927. The van der Waals surface area contributed by atoms with Gasteiger partial charge in [0, 0.05) is 12.1 Å². The van der Waals surface area contributed by atoms with E-state index in [-0.39, 0.29) is 38.7 Å². The molecule has 0 radical (unpaired) electrons. The Morgan fingerprint density at radius 3 is 1.84 bits per heavy atom. The second-order valence-corrected chi connectivity index (χ2v) is 5.95. The first-order chi connectivity index (χ1) is 15.2. The van der Waals surface area contributed by atoms with Crippen LogP contribution in [0.15, 0.2) is 24.3 Å². The third kappa shape index (κ3) is 6.85. The van der Waals surface area contributed by atoms with Gasteiger partial charge in [-0.05, 0) is 12.1 Å². The number of nitro benzene ring substituents is 1. The number of hydrogen-bond acceptors (Lipinski definition) is 7. The molecule has 13 heteroatoms. The average molecular weight is 465 g/mol. The van der Waals surface area contributed by atoms with E-state index in [1.807, 2.05) is 0 Å². The van der Waals surface area contributed by atoms with Crippen molar-refractivity contribution in [3.05, 3.63) is 63.5 Å². The number of esters is 1. The van der Waals surface area contributed by atoms with Gasteiger partial charge < -0.3 is 18.9 Å². The predicted octanol–water partition coefficient (Wildman–Crippen LogP) is 3.70. The molecule has 0 amide bonds. The lowest BCUT2D eigenvalue weighted by Crippen LogP contribution is -2.16. The van der Waals surface area contributed by atoms with E-state index in [0.717, 1.165) is 0 Å². The molecule has 0 heterocycles. The van der Waals surface area contributed by atoms with Crippen LogP contribution in [0.3, 0.4) is 0 Å². The van der Waals surface area contributed by atoms with Crippen LogP contribution < -0.4 is 9.47 Å². The van der Waals surface area contributed by atoms with Crippen LogP contribution in [0.1, 0.15) is 6.42 Å². The summed E-state index contributed by atoms with van der Waals surface area (Å²) in [6.07, 6.45) is -0.511. The van der Waals surface area contributed by atoms with Crippen molar-refractivity contribution in [1.29, 1.82) is 0 Å². The normalized spacial score (nSPS) is 10.8. The van der Waals surface area contributed by atoms with Gasteiger partial charge in [-0.1, -0.05) is 0 Å². The second kappa shape index (κ2) is 11.9. The number of hydrogen-bond donors (Lipinski definition) is 0. The van der Waals surface area contributed by atoms with Crippen LogP contribution in [0.5, 0.6) is 11.5 Å². The summed E-state index contributed by atoms with van der Waals surface area (Å²) < 4.78 is 85.7. The summed E-state index contributed by atoms with van der Waals surface area (Å²) in [5.41, 5.74) is -0.0677. The maximum absolute atomic E-state index is 13.4. The highest BCUT2D eigenvalue weighted by molar-refractivity contribution is 5.72. The number of rotatable bonds is 12. The van der Waals surface area contributed by atoms with E-state index in [2.05, 4.69) is 4.74 Å². The monoisotopic (exact) mass is 465 g/mol. The molecule has 0 spiro atoms. The van der Waals surface area contributed by atoms with Gasteiger partial charge >= 0.3 is 5.97 Å². The minimum atomic E-state index is -2.36. The Hall–Kier alpha value is -3.32. The maximum atomic E-state index is 13.4. The summed E-state index contributed by atoms with van der Waals surface area (Å²) in [5, 5.41) is 10.5. The van der Waals surface area contributed by atoms with E-state index >= 15 is 0 Å². The summed E-state index contributed by atoms with van der Waals surface area (Å²) in [5.74, 6) is -13.8. The van der Waals surface area contributed by atoms with Crippen molar-refractivity contribution in [1.82, 2.24) is 0 Å². The fourth-order valence-corrected chi connectivity index (χ4v) is 2.20. The molecule has 32 heavy (non-hydrogen) atoms. The average Bonchev–Trinajstić information content (AvgIpc) is 2.78. The zero-order valence-electron chi connectivity index (χ0n) is 16.2. The van der Waals surface area contributed by atoms with Crippen LogP contribution in [0.2, 0.25) is 0 Å². The van der Waals surface area contributed by atoms with Crippen molar-refractivity contribution in [2.24, 2.45) is 0 Å². The molecule has 0 atom stereocenters. The van der Waals surface area contributed by atoms with Crippen molar-refractivity contribution in [3.63, 3.8) is 0 Å².